The van der Waals surface area contributed by atoms with E-state index < -0.39 is 0 Å². The number of aromatic nitrogens is 4. The lowest BCUT2D eigenvalue weighted by atomic mass is 10.2. The van der Waals surface area contributed by atoms with Gasteiger partial charge < -0.3 is 9.73 Å². The van der Waals surface area contributed by atoms with Gasteiger partial charge >= 0.3 is 0 Å². The first-order valence-corrected chi connectivity index (χ1v) is 9.29. The second-order valence-electron chi connectivity index (χ2n) is 5.38. The Labute approximate surface area is 149 Å². The number of nitrogens with one attached hydrogen (secondary N) is 1. The molecular weight excluding hydrogens is 338 g/mol. The lowest BCUT2D eigenvalue weighted by molar-refractivity contribution is 0.0953. The first-order chi connectivity index (χ1) is 12.2. The molecule has 0 bridgehead atoms. The summed E-state index contributed by atoms with van der Waals surface area (Å²) in [5.41, 5.74) is 1.88. The summed E-state index contributed by atoms with van der Waals surface area (Å²) in [5.74, 6) is 1.94. The summed E-state index contributed by atoms with van der Waals surface area (Å²) >= 11 is 1.76. The predicted molar refractivity (Wildman–Crippen MR) is 96.9 cm³/mol. The Morgan fingerprint density at radius 3 is 3.04 bits per heavy atom. The maximum absolute atomic E-state index is 12.3. The van der Waals surface area contributed by atoms with Gasteiger partial charge in [-0.3, -0.25) is 4.79 Å². The minimum Gasteiger partial charge on any atom is -0.463 e. The topological polar surface area (TPSA) is 85.8 Å². The van der Waals surface area contributed by atoms with E-state index in [1.807, 2.05) is 19.2 Å². The summed E-state index contributed by atoms with van der Waals surface area (Å²) in [5, 5.41) is 7.18. The third kappa shape index (κ3) is 3.90. The Morgan fingerprint density at radius 2 is 2.28 bits per heavy atom. The minimum atomic E-state index is -0.132. The zero-order valence-corrected chi connectivity index (χ0v) is 14.9. The van der Waals surface area contributed by atoms with Crippen molar-refractivity contribution in [3.63, 3.8) is 0 Å². The van der Waals surface area contributed by atoms with Crippen molar-refractivity contribution in [2.24, 2.45) is 0 Å². The summed E-state index contributed by atoms with van der Waals surface area (Å²) in [6.07, 6.45) is 7.77. The van der Waals surface area contributed by atoms with E-state index in [1.54, 1.807) is 47.2 Å². The van der Waals surface area contributed by atoms with Crippen molar-refractivity contribution in [2.45, 2.75) is 13.3 Å². The summed E-state index contributed by atoms with van der Waals surface area (Å²) in [6, 6.07) is 5.39. The van der Waals surface area contributed by atoms with E-state index in [4.69, 9.17) is 4.42 Å². The molecule has 1 N–H and O–H groups in total. The predicted octanol–water partition coefficient (Wildman–Crippen LogP) is 2.71. The van der Waals surface area contributed by atoms with E-state index in [-0.39, 0.29) is 5.91 Å². The SMILES string of the molecule is CSCCCNC(=O)c1cnn(-c2nccc(-c3ccco3)n2)c1C. The molecule has 0 aliphatic carbocycles. The van der Waals surface area contributed by atoms with Crippen LogP contribution < -0.4 is 5.32 Å². The highest BCUT2D eigenvalue weighted by atomic mass is 32.2. The summed E-state index contributed by atoms with van der Waals surface area (Å²) < 4.78 is 6.92. The van der Waals surface area contributed by atoms with Crippen LogP contribution in [0.15, 0.2) is 41.3 Å². The number of amides is 1. The number of carbonyl (C=O) groups excluding carboxylic acids is 1. The van der Waals surface area contributed by atoms with Crippen LogP contribution in [0.4, 0.5) is 0 Å². The van der Waals surface area contributed by atoms with Gasteiger partial charge in [-0.1, -0.05) is 0 Å². The third-order valence-corrected chi connectivity index (χ3v) is 4.37. The molecule has 3 rings (SSSR count). The number of carbonyl (C=O) groups is 1. The van der Waals surface area contributed by atoms with Gasteiger partial charge in [-0.25, -0.2) is 14.6 Å². The van der Waals surface area contributed by atoms with Gasteiger partial charge in [0.05, 0.1) is 23.7 Å². The Bertz CT molecular complexity index is 845. The highest BCUT2D eigenvalue weighted by molar-refractivity contribution is 7.98. The van der Waals surface area contributed by atoms with Crippen LogP contribution in [0.2, 0.25) is 0 Å². The van der Waals surface area contributed by atoms with E-state index in [0.29, 0.717) is 35.2 Å². The van der Waals surface area contributed by atoms with Crippen molar-refractivity contribution >= 4 is 17.7 Å². The van der Waals surface area contributed by atoms with Gasteiger partial charge in [0.2, 0.25) is 0 Å². The molecule has 0 saturated carbocycles. The lowest BCUT2D eigenvalue weighted by Crippen LogP contribution is -2.25. The molecular formula is C17H19N5O2S. The van der Waals surface area contributed by atoms with Crippen LogP contribution in [0.3, 0.4) is 0 Å². The molecule has 0 spiro atoms. The van der Waals surface area contributed by atoms with E-state index in [9.17, 15) is 4.79 Å². The van der Waals surface area contributed by atoms with E-state index >= 15 is 0 Å². The van der Waals surface area contributed by atoms with E-state index in [0.717, 1.165) is 12.2 Å². The average Bonchev–Trinajstić information content (AvgIpc) is 3.28. The van der Waals surface area contributed by atoms with Crippen LogP contribution in [0, 0.1) is 6.92 Å². The fourth-order valence-corrected chi connectivity index (χ4v) is 2.79. The summed E-state index contributed by atoms with van der Waals surface area (Å²) in [4.78, 5) is 21.0. The maximum Gasteiger partial charge on any atom is 0.254 e. The van der Waals surface area contributed by atoms with Crippen molar-refractivity contribution in [2.75, 3.05) is 18.6 Å². The Kier molecular flexibility index (Phi) is 5.49. The minimum absolute atomic E-state index is 0.132. The quantitative estimate of drug-likeness (QED) is 0.654. The van der Waals surface area contributed by atoms with Crippen LogP contribution in [0.25, 0.3) is 17.4 Å². The van der Waals surface area contributed by atoms with E-state index in [2.05, 4.69) is 20.4 Å². The van der Waals surface area contributed by atoms with Gasteiger partial charge in [-0.05, 0) is 43.6 Å². The summed E-state index contributed by atoms with van der Waals surface area (Å²) in [6.45, 7) is 2.47. The number of thioether (sulfide) groups is 1. The number of hydrogen-bond acceptors (Lipinski definition) is 6. The normalized spacial score (nSPS) is 10.8. The van der Waals surface area contributed by atoms with Gasteiger partial charge in [0.1, 0.15) is 5.69 Å². The molecule has 0 fully saturated rings. The van der Waals surface area contributed by atoms with E-state index in [1.165, 1.54) is 0 Å². The first-order valence-electron chi connectivity index (χ1n) is 7.89. The molecule has 0 unspecified atom stereocenters. The number of hydrogen-bond donors (Lipinski definition) is 1. The zero-order chi connectivity index (χ0) is 17.6. The van der Waals surface area contributed by atoms with Crippen molar-refractivity contribution in [3.8, 4) is 17.4 Å². The molecule has 130 valence electrons. The summed E-state index contributed by atoms with van der Waals surface area (Å²) in [7, 11) is 0. The monoisotopic (exact) mass is 357 g/mol. The second kappa shape index (κ2) is 7.98. The molecule has 3 aromatic rings. The van der Waals surface area contributed by atoms with Crippen LogP contribution in [-0.2, 0) is 0 Å². The lowest BCUT2D eigenvalue weighted by Gasteiger charge is -2.06. The van der Waals surface area contributed by atoms with Gasteiger partial charge in [-0.15, -0.1) is 0 Å². The zero-order valence-electron chi connectivity index (χ0n) is 14.1. The van der Waals surface area contributed by atoms with Crippen molar-refractivity contribution < 1.29 is 9.21 Å². The highest BCUT2D eigenvalue weighted by Crippen LogP contribution is 2.18. The molecule has 1 amide bonds. The third-order valence-electron chi connectivity index (χ3n) is 3.67. The Hall–Kier alpha value is -2.61. The smallest absolute Gasteiger partial charge is 0.254 e. The molecule has 7 nitrogen and oxygen atoms in total. The fourth-order valence-electron chi connectivity index (χ4n) is 2.36. The van der Waals surface area contributed by atoms with Crippen LogP contribution in [-0.4, -0.2) is 44.2 Å². The van der Waals surface area contributed by atoms with Crippen LogP contribution >= 0.6 is 11.8 Å². The molecule has 0 aromatic carbocycles. The Balaban J connectivity index is 1.79. The van der Waals surface area contributed by atoms with Crippen molar-refractivity contribution in [1.82, 2.24) is 25.1 Å². The number of nitrogens with zero attached hydrogens (tertiary/aromatic N) is 4. The van der Waals surface area contributed by atoms with Crippen LogP contribution in [0.5, 0.6) is 0 Å². The first kappa shape index (κ1) is 17.2. The molecule has 25 heavy (non-hydrogen) atoms. The standard InChI is InChI=1S/C17H19N5O2S/c1-12-13(16(23)18-7-4-10-25-2)11-20-22(12)17-19-8-6-14(21-17)15-5-3-9-24-15/h3,5-6,8-9,11H,4,7,10H2,1-2H3,(H,18,23). The number of furan rings is 1. The molecule has 3 aromatic heterocycles. The highest BCUT2D eigenvalue weighted by Gasteiger charge is 2.16. The molecule has 0 atom stereocenters. The van der Waals surface area contributed by atoms with Gasteiger partial charge in [0, 0.05) is 12.7 Å². The van der Waals surface area contributed by atoms with Gasteiger partial charge in [-0.2, -0.15) is 16.9 Å². The molecule has 0 aliphatic rings. The molecule has 3 heterocycles. The average molecular weight is 357 g/mol. The van der Waals surface area contributed by atoms with Crippen LogP contribution in [0.1, 0.15) is 22.5 Å². The maximum atomic E-state index is 12.3. The van der Waals surface area contributed by atoms with Crippen molar-refractivity contribution in [3.05, 3.63) is 48.1 Å². The second-order valence-corrected chi connectivity index (χ2v) is 6.36. The molecule has 8 heteroatoms. The van der Waals surface area contributed by atoms with Gasteiger partial charge in [0.25, 0.3) is 11.9 Å². The molecule has 0 aliphatic heterocycles. The largest absolute Gasteiger partial charge is 0.463 e. The van der Waals surface area contributed by atoms with Crippen molar-refractivity contribution in [1.29, 1.82) is 0 Å². The Morgan fingerprint density at radius 1 is 1.40 bits per heavy atom. The molecule has 0 saturated heterocycles. The fraction of sp³-hybridized carbons (Fsp3) is 0.294. The van der Waals surface area contributed by atoms with Gasteiger partial charge in [0.15, 0.2) is 5.76 Å². The number of rotatable bonds is 7. The molecule has 0 radical (unpaired) electrons.